The first-order valence-corrected chi connectivity index (χ1v) is 20.9. The molecule has 0 N–H and O–H groups in total. The number of hydrogen-bond acceptors (Lipinski definition) is 1. The van der Waals surface area contributed by atoms with Crippen LogP contribution in [0.25, 0.3) is 77.2 Å². The van der Waals surface area contributed by atoms with Crippen molar-refractivity contribution in [2.24, 2.45) is 0 Å². The molecule has 1 aliphatic carbocycles. The van der Waals surface area contributed by atoms with Crippen molar-refractivity contribution in [2.75, 3.05) is 4.90 Å². The van der Waals surface area contributed by atoms with E-state index in [0.29, 0.717) is 0 Å². The number of hydrogen-bond donors (Lipinski definition) is 0. The Morgan fingerprint density at radius 2 is 0.867 bits per heavy atom. The minimum absolute atomic E-state index is 0.148. The average molecular weight is 766 g/mol. The highest BCUT2D eigenvalue weighted by molar-refractivity contribution is 6.16. The zero-order valence-electron chi connectivity index (χ0n) is 33.8. The lowest BCUT2D eigenvalue weighted by atomic mass is 9.82. The summed E-state index contributed by atoms with van der Waals surface area (Å²) in [4.78, 5) is 2.50. The molecule has 60 heavy (non-hydrogen) atoms. The summed E-state index contributed by atoms with van der Waals surface area (Å²) in [6, 6.07) is 82.5. The van der Waals surface area contributed by atoms with Crippen LogP contribution < -0.4 is 4.90 Å². The van der Waals surface area contributed by atoms with Gasteiger partial charge in [-0.2, -0.15) is 0 Å². The second-order valence-electron chi connectivity index (χ2n) is 16.5. The summed E-state index contributed by atoms with van der Waals surface area (Å²) < 4.78 is 0. The van der Waals surface area contributed by atoms with E-state index < -0.39 is 0 Å². The molecular formula is C59H43N. The molecule has 0 bridgehead atoms. The van der Waals surface area contributed by atoms with E-state index in [0.717, 1.165) is 17.1 Å². The van der Waals surface area contributed by atoms with Crippen LogP contribution in [0.3, 0.4) is 0 Å². The molecule has 284 valence electrons. The van der Waals surface area contributed by atoms with Gasteiger partial charge in [-0.15, -0.1) is 0 Å². The highest BCUT2D eigenvalue weighted by atomic mass is 15.1. The Balaban J connectivity index is 1.16. The predicted octanol–water partition coefficient (Wildman–Crippen LogP) is 16.4. The zero-order valence-corrected chi connectivity index (χ0v) is 33.8. The second-order valence-corrected chi connectivity index (χ2v) is 16.5. The van der Waals surface area contributed by atoms with Crippen molar-refractivity contribution in [3.05, 3.63) is 236 Å². The van der Waals surface area contributed by atoms with E-state index >= 15 is 0 Å². The smallest absolute Gasteiger partial charge is 0.0546 e. The third-order valence-corrected chi connectivity index (χ3v) is 12.7. The van der Waals surface area contributed by atoms with Crippen LogP contribution in [0.1, 0.15) is 25.0 Å². The average Bonchev–Trinajstić information content (AvgIpc) is 3.55. The van der Waals surface area contributed by atoms with Crippen LogP contribution in [0.4, 0.5) is 17.1 Å². The van der Waals surface area contributed by atoms with Gasteiger partial charge in [0.2, 0.25) is 0 Å². The van der Waals surface area contributed by atoms with E-state index in [-0.39, 0.29) is 5.41 Å². The first-order chi connectivity index (χ1) is 29.5. The molecule has 1 nitrogen and oxygen atoms in total. The molecule has 10 aromatic rings. The first kappa shape index (κ1) is 35.7. The summed E-state index contributed by atoms with van der Waals surface area (Å²) >= 11 is 0. The fourth-order valence-corrected chi connectivity index (χ4v) is 9.70. The Morgan fingerprint density at radius 1 is 0.317 bits per heavy atom. The van der Waals surface area contributed by atoms with Crippen molar-refractivity contribution < 1.29 is 0 Å². The zero-order chi connectivity index (χ0) is 40.2. The normalized spacial score (nSPS) is 12.6. The number of benzene rings is 10. The van der Waals surface area contributed by atoms with Gasteiger partial charge in [-0.05, 0) is 125 Å². The molecule has 10 aromatic carbocycles. The molecule has 0 saturated heterocycles. The molecule has 0 heterocycles. The van der Waals surface area contributed by atoms with Crippen molar-refractivity contribution in [3.63, 3.8) is 0 Å². The van der Waals surface area contributed by atoms with Crippen LogP contribution in [-0.4, -0.2) is 0 Å². The van der Waals surface area contributed by atoms with Gasteiger partial charge < -0.3 is 4.90 Å². The monoisotopic (exact) mass is 765 g/mol. The van der Waals surface area contributed by atoms with Gasteiger partial charge >= 0.3 is 0 Å². The van der Waals surface area contributed by atoms with Gasteiger partial charge in [-0.1, -0.05) is 196 Å². The van der Waals surface area contributed by atoms with Gasteiger partial charge in [0, 0.05) is 22.4 Å². The molecule has 0 fully saturated rings. The van der Waals surface area contributed by atoms with Crippen LogP contribution in [0, 0.1) is 0 Å². The van der Waals surface area contributed by atoms with Crippen LogP contribution in [-0.2, 0) is 5.41 Å². The first-order valence-electron chi connectivity index (χ1n) is 20.9. The quantitative estimate of drug-likeness (QED) is 0.146. The van der Waals surface area contributed by atoms with E-state index in [2.05, 4.69) is 243 Å². The molecule has 0 spiro atoms. The maximum absolute atomic E-state index is 2.50. The molecule has 0 aromatic heterocycles. The van der Waals surface area contributed by atoms with E-state index in [4.69, 9.17) is 0 Å². The molecule has 11 rings (SSSR count). The highest BCUT2D eigenvalue weighted by Crippen LogP contribution is 2.53. The molecule has 1 heteroatoms. The van der Waals surface area contributed by atoms with E-state index in [1.807, 2.05) is 0 Å². The van der Waals surface area contributed by atoms with E-state index in [1.54, 1.807) is 0 Å². The Kier molecular flexibility index (Phi) is 8.57. The van der Waals surface area contributed by atoms with Crippen molar-refractivity contribution in [1.29, 1.82) is 0 Å². The van der Waals surface area contributed by atoms with Crippen LogP contribution in [0.5, 0.6) is 0 Å². The number of rotatable bonds is 7. The van der Waals surface area contributed by atoms with Crippen molar-refractivity contribution in [3.8, 4) is 55.6 Å². The molecule has 0 unspecified atom stereocenters. The topological polar surface area (TPSA) is 3.24 Å². The van der Waals surface area contributed by atoms with Crippen molar-refractivity contribution in [1.82, 2.24) is 0 Å². The largest absolute Gasteiger partial charge is 0.310 e. The Hall–Kier alpha value is -7.48. The highest BCUT2D eigenvalue weighted by Gasteiger charge is 2.36. The summed E-state index contributed by atoms with van der Waals surface area (Å²) in [5.74, 6) is 0. The molecule has 0 aliphatic heterocycles. The Bertz CT molecular complexity index is 3210. The van der Waals surface area contributed by atoms with Gasteiger partial charge in [0.05, 0.1) is 5.69 Å². The molecule has 0 amide bonds. The van der Waals surface area contributed by atoms with Crippen molar-refractivity contribution in [2.45, 2.75) is 19.3 Å². The maximum atomic E-state index is 2.50. The lowest BCUT2D eigenvalue weighted by Gasteiger charge is -2.31. The molecule has 1 aliphatic rings. The summed E-state index contributed by atoms with van der Waals surface area (Å²) in [6.07, 6.45) is 0. The van der Waals surface area contributed by atoms with Crippen LogP contribution in [0.2, 0.25) is 0 Å². The van der Waals surface area contributed by atoms with Gasteiger partial charge in [0.25, 0.3) is 0 Å². The number of fused-ring (bicyclic) bond motifs is 6. The molecular weight excluding hydrogens is 723 g/mol. The molecule has 0 atom stereocenters. The third kappa shape index (κ3) is 5.93. The third-order valence-electron chi connectivity index (χ3n) is 12.7. The fourth-order valence-electron chi connectivity index (χ4n) is 9.70. The SMILES string of the molecule is CC1(C)c2ccccc2-c2ccc(N(c3ccc(-c4cccc(-c5ccccc5)c4)cc3)c3cccc(-c4ccccc4)c3-c3cc4ccccc4c4ccccc34)cc21. The lowest BCUT2D eigenvalue weighted by molar-refractivity contribution is 0.660. The van der Waals surface area contributed by atoms with Gasteiger partial charge in [0.1, 0.15) is 0 Å². The van der Waals surface area contributed by atoms with Crippen molar-refractivity contribution >= 4 is 38.6 Å². The van der Waals surface area contributed by atoms with Crippen LogP contribution in [0.15, 0.2) is 224 Å². The minimum atomic E-state index is -0.148. The van der Waals surface area contributed by atoms with Gasteiger partial charge in [-0.3, -0.25) is 0 Å². The maximum Gasteiger partial charge on any atom is 0.0546 e. The Labute approximate surface area is 352 Å². The number of nitrogens with zero attached hydrogens (tertiary/aromatic N) is 1. The summed E-state index contributed by atoms with van der Waals surface area (Å²) in [5.41, 5.74) is 18.2. The van der Waals surface area contributed by atoms with Gasteiger partial charge in [-0.25, -0.2) is 0 Å². The molecule has 0 radical (unpaired) electrons. The summed E-state index contributed by atoms with van der Waals surface area (Å²) in [6.45, 7) is 4.74. The van der Waals surface area contributed by atoms with Gasteiger partial charge in [0.15, 0.2) is 0 Å². The summed E-state index contributed by atoms with van der Waals surface area (Å²) in [5, 5.41) is 4.98. The summed E-state index contributed by atoms with van der Waals surface area (Å²) in [7, 11) is 0. The van der Waals surface area contributed by atoms with E-state index in [1.165, 1.54) is 88.3 Å². The standard InChI is InChI=1S/C59H43N/c1-59(2)55-29-14-13-27-52(55)53-36-35-47(39-56(53)59)60(46-33-31-41(32-34-46)44-23-15-22-43(37-44)40-17-5-3-6-18-40)57-30-16-28-49(42-19-7-4-8-20-42)58(57)54-38-45-21-9-10-24-48(45)50-25-11-12-26-51(50)54/h3-39H,1-2H3. The predicted molar refractivity (Wildman–Crippen MR) is 255 cm³/mol. The number of anilines is 3. The lowest BCUT2D eigenvalue weighted by Crippen LogP contribution is -2.17. The molecule has 0 saturated carbocycles. The minimum Gasteiger partial charge on any atom is -0.310 e. The second kappa shape index (κ2) is 14.4. The Morgan fingerprint density at radius 3 is 1.63 bits per heavy atom. The fraction of sp³-hybridized carbons (Fsp3) is 0.0508. The van der Waals surface area contributed by atoms with E-state index in [9.17, 15) is 0 Å². The van der Waals surface area contributed by atoms with Crippen LogP contribution >= 0.6 is 0 Å².